The van der Waals surface area contributed by atoms with Crippen LogP contribution in [0.2, 0.25) is 0 Å². The van der Waals surface area contributed by atoms with Crippen molar-refractivity contribution in [2.45, 2.75) is 52.2 Å². The number of aliphatic hydroxyl groups is 1. The van der Waals surface area contributed by atoms with Crippen molar-refractivity contribution in [2.75, 3.05) is 11.9 Å². The van der Waals surface area contributed by atoms with Crippen LogP contribution in [0.1, 0.15) is 40.2 Å². The van der Waals surface area contributed by atoms with Crippen LogP contribution in [0.5, 0.6) is 0 Å². The molecule has 0 fully saturated rings. The van der Waals surface area contributed by atoms with E-state index in [4.69, 9.17) is 5.73 Å². The lowest BCUT2D eigenvalue weighted by Gasteiger charge is -2.18. The molecule has 1 aromatic heterocycles. The molecule has 7 heteroatoms. The first-order valence-electron chi connectivity index (χ1n) is 9.29. The summed E-state index contributed by atoms with van der Waals surface area (Å²) in [6.07, 6.45) is 4.66. The highest BCUT2D eigenvalue weighted by atomic mass is 19.1. The summed E-state index contributed by atoms with van der Waals surface area (Å²) in [4.78, 5) is 4.48. The average molecular weight is 375 g/mol. The molecule has 0 aliphatic rings. The van der Waals surface area contributed by atoms with Gasteiger partial charge in [0.15, 0.2) is 0 Å². The number of aromatic nitrogens is 2. The maximum absolute atomic E-state index is 13.1. The van der Waals surface area contributed by atoms with Crippen molar-refractivity contribution in [3.63, 3.8) is 0 Å². The quantitative estimate of drug-likeness (QED) is 0.558. The number of anilines is 1. The molecule has 0 saturated heterocycles. The molecule has 0 aliphatic heterocycles. The van der Waals surface area contributed by atoms with Gasteiger partial charge < -0.3 is 26.0 Å². The van der Waals surface area contributed by atoms with E-state index in [9.17, 15) is 9.50 Å². The van der Waals surface area contributed by atoms with Gasteiger partial charge in [-0.05, 0) is 57.5 Å². The van der Waals surface area contributed by atoms with E-state index in [0.717, 1.165) is 11.8 Å². The summed E-state index contributed by atoms with van der Waals surface area (Å²) in [5.74, 6) is 0.0974. The van der Waals surface area contributed by atoms with Crippen LogP contribution in [0.4, 0.5) is 10.1 Å². The molecule has 148 valence electrons. The van der Waals surface area contributed by atoms with Crippen LogP contribution < -0.4 is 27.1 Å². The predicted molar refractivity (Wildman–Crippen MR) is 108 cm³/mol. The van der Waals surface area contributed by atoms with E-state index in [1.54, 1.807) is 18.5 Å². The minimum atomic E-state index is -0.300. The highest BCUT2D eigenvalue weighted by Crippen LogP contribution is 2.09. The summed E-state index contributed by atoms with van der Waals surface area (Å²) < 4.78 is 15.1. The van der Waals surface area contributed by atoms with E-state index in [0.29, 0.717) is 16.9 Å². The summed E-state index contributed by atoms with van der Waals surface area (Å²) in [6, 6.07) is 6.28. The van der Waals surface area contributed by atoms with E-state index in [1.165, 1.54) is 12.1 Å². The Morgan fingerprint density at radius 3 is 2.52 bits per heavy atom. The van der Waals surface area contributed by atoms with Gasteiger partial charge in [0.1, 0.15) is 17.0 Å². The Morgan fingerprint density at radius 1 is 1.30 bits per heavy atom. The molecule has 1 unspecified atom stereocenters. The fourth-order valence-corrected chi connectivity index (χ4v) is 2.86. The van der Waals surface area contributed by atoms with Gasteiger partial charge in [-0.15, -0.1) is 0 Å². The van der Waals surface area contributed by atoms with E-state index in [2.05, 4.69) is 35.5 Å². The Hall–Kier alpha value is -2.38. The first-order valence-corrected chi connectivity index (χ1v) is 9.29. The van der Waals surface area contributed by atoms with Crippen molar-refractivity contribution in [1.82, 2.24) is 14.9 Å². The van der Waals surface area contributed by atoms with Gasteiger partial charge in [0, 0.05) is 23.8 Å². The molecule has 2 atom stereocenters. The Labute approximate surface area is 159 Å². The standard InChI is InChI=1S/C20H30FN5O/c1-5-16(11-27)24-14(4)10-18-19(23-12-26(18)13(2)3)20(22)25-17-8-6-15(21)7-9-17/h6-10,12-14,16,24-25,27H,5,11,22H2,1-4H3/b18-10+,20-19-/t14?,16-/m1/s1. The molecular weight excluding hydrogens is 345 g/mol. The number of halogens is 1. The van der Waals surface area contributed by atoms with Crippen molar-refractivity contribution in [3.05, 3.63) is 47.1 Å². The largest absolute Gasteiger partial charge is 0.395 e. The van der Waals surface area contributed by atoms with Crippen LogP contribution in [0.3, 0.4) is 0 Å². The van der Waals surface area contributed by atoms with Crippen molar-refractivity contribution in [3.8, 4) is 0 Å². The second kappa shape index (κ2) is 9.53. The number of benzene rings is 1. The smallest absolute Gasteiger partial charge is 0.129 e. The number of hydrogen-bond donors (Lipinski definition) is 4. The second-order valence-electron chi connectivity index (χ2n) is 6.93. The number of nitrogens with two attached hydrogens (primary N) is 1. The third-order valence-electron chi connectivity index (χ3n) is 4.39. The van der Waals surface area contributed by atoms with Gasteiger partial charge in [-0.2, -0.15) is 0 Å². The number of rotatable bonds is 8. The van der Waals surface area contributed by atoms with Crippen molar-refractivity contribution in [1.29, 1.82) is 0 Å². The minimum absolute atomic E-state index is 0.0219. The zero-order valence-electron chi connectivity index (χ0n) is 16.4. The molecular formula is C20H30FN5O. The van der Waals surface area contributed by atoms with Crippen molar-refractivity contribution in [2.24, 2.45) is 5.73 Å². The van der Waals surface area contributed by atoms with Gasteiger partial charge >= 0.3 is 0 Å². The normalized spacial score (nSPS) is 15.7. The van der Waals surface area contributed by atoms with Crippen LogP contribution in [0.25, 0.3) is 11.9 Å². The Balaban J connectivity index is 2.44. The van der Waals surface area contributed by atoms with Crippen LogP contribution in [0, 0.1) is 5.82 Å². The summed E-state index contributed by atoms with van der Waals surface area (Å²) in [5.41, 5.74) is 6.96. The van der Waals surface area contributed by atoms with E-state index >= 15 is 0 Å². The van der Waals surface area contributed by atoms with Crippen molar-refractivity contribution >= 4 is 17.6 Å². The van der Waals surface area contributed by atoms with Gasteiger partial charge in [-0.25, -0.2) is 9.37 Å². The molecule has 6 nitrogen and oxygen atoms in total. The van der Waals surface area contributed by atoms with Crippen LogP contribution in [-0.4, -0.2) is 33.3 Å². The van der Waals surface area contributed by atoms with Gasteiger partial charge in [0.2, 0.25) is 0 Å². The Morgan fingerprint density at radius 2 is 1.96 bits per heavy atom. The lowest BCUT2D eigenvalue weighted by Crippen LogP contribution is -2.42. The maximum atomic E-state index is 13.1. The zero-order chi connectivity index (χ0) is 20.0. The number of aliphatic hydroxyl groups excluding tert-OH is 1. The summed E-state index contributed by atoms with van der Waals surface area (Å²) in [6.45, 7) is 8.30. The Bertz CT molecular complexity index is 840. The number of nitrogens with one attached hydrogen (secondary N) is 2. The molecule has 0 amide bonds. The molecule has 2 aromatic rings. The molecule has 0 saturated carbocycles. The fourth-order valence-electron chi connectivity index (χ4n) is 2.86. The van der Waals surface area contributed by atoms with Gasteiger partial charge in [-0.1, -0.05) is 6.92 Å². The molecule has 0 bridgehead atoms. The Kier molecular flexibility index (Phi) is 7.38. The molecule has 27 heavy (non-hydrogen) atoms. The summed E-state index contributed by atoms with van der Waals surface area (Å²) in [5, 5.41) is 17.4. The molecule has 1 heterocycles. The van der Waals surface area contributed by atoms with Crippen molar-refractivity contribution < 1.29 is 9.50 Å². The number of imidazole rings is 1. The highest BCUT2D eigenvalue weighted by molar-refractivity contribution is 5.61. The summed E-state index contributed by atoms with van der Waals surface area (Å²) in [7, 11) is 0. The molecule has 5 N–H and O–H groups in total. The molecule has 0 spiro atoms. The highest BCUT2D eigenvalue weighted by Gasteiger charge is 2.10. The van der Waals surface area contributed by atoms with E-state index < -0.39 is 0 Å². The molecule has 1 aromatic carbocycles. The van der Waals surface area contributed by atoms with E-state index in [-0.39, 0.29) is 30.5 Å². The maximum Gasteiger partial charge on any atom is 0.129 e. The van der Waals surface area contributed by atoms with Crippen LogP contribution >= 0.6 is 0 Å². The van der Waals surface area contributed by atoms with Gasteiger partial charge in [0.05, 0.1) is 18.3 Å². The van der Waals surface area contributed by atoms with E-state index in [1.807, 2.05) is 18.4 Å². The lowest BCUT2D eigenvalue weighted by atomic mass is 10.2. The van der Waals surface area contributed by atoms with Crippen LogP contribution in [-0.2, 0) is 0 Å². The van der Waals surface area contributed by atoms with Crippen LogP contribution in [0.15, 0.2) is 30.6 Å². The fraction of sp³-hybridized carbons (Fsp3) is 0.450. The lowest BCUT2D eigenvalue weighted by molar-refractivity contribution is 0.236. The first kappa shape index (κ1) is 20.9. The topological polar surface area (TPSA) is 88.1 Å². The average Bonchev–Trinajstić information content (AvgIpc) is 3.05. The molecule has 2 rings (SSSR count). The second-order valence-corrected chi connectivity index (χ2v) is 6.93. The van der Waals surface area contributed by atoms with Gasteiger partial charge in [-0.3, -0.25) is 0 Å². The third-order valence-corrected chi connectivity index (χ3v) is 4.39. The number of hydrogen-bond acceptors (Lipinski definition) is 5. The van der Waals surface area contributed by atoms with Gasteiger partial charge in [0.25, 0.3) is 0 Å². The summed E-state index contributed by atoms with van der Waals surface area (Å²) >= 11 is 0. The molecule has 0 aliphatic carbocycles. The number of nitrogens with zero attached hydrogens (tertiary/aromatic N) is 2. The monoisotopic (exact) mass is 375 g/mol. The predicted octanol–water partition coefficient (Wildman–Crippen LogP) is 1.27. The molecule has 0 radical (unpaired) electrons. The third kappa shape index (κ3) is 5.55. The minimum Gasteiger partial charge on any atom is -0.395 e. The SMILES string of the molecule is CC[C@H](CO)NC(C)/C=c1\c(=C(/N)Nc2ccc(F)cc2)ncn1C(C)C. The first-order chi connectivity index (χ1) is 12.8. The zero-order valence-corrected chi connectivity index (χ0v) is 16.4.